The average molecular weight is 455 g/mol. The molecule has 168 valence electrons. The molecule has 0 unspecified atom stereocenters. The zero-order valence-electron chi connectivity index (χ0n) is 18.3. The van der Waals surface area contributed by atoms with E-state index in [1.807, 2.05) is 31.5 Å². The highest BCUT2D eigenvalue weighted by atomic mass is 32.1. The number of rotatable bonds is 7. The van der Waals surface area contributed by atoms with Crippen molar-refractivity contribution in [2.45, 2.75) is 45.9 Å². The number of nitrogens with zero attached hydrogens (tertiary/aromatic N) is 6. The maximum Gasteiger partial charge on any atom is 0.233 e. The van der Waals surface area contributed by atoms with Crippen LogP contribution in [0.4, 0.5) is 0 Å². The summed E-state index contributed by atoms with van der Waals surface area (Å²) in [4.78, 5) is 2.12. The Labute approximate surface area is 190 Å². The van der Waals surface area contributed by atoms with Crippen molar-refractivity contribution in [2.75, 3.05) is 19.7 Å². The van der Waals surface area contributed by atoms with Crippen molar-refractivity contribution in [1.82, 2.24) is 24.9 Å². The first-order valence-electron chi connectivity index (χ1n) is 10.5. The van der Waals surface area contributed by atoms with Gasteiger partial charge in [-0.3, -0.25) is 4.90 Å². The molecule has 1 aromatic carbocycles. The van der Waals surface area contributed by atoms with Gasteiger partial charge in [0.05, 0.1) is 30.1 Å². The van der Waals surface area contributed by atoms with Crippen molar-refractivity contribution in [3.63, 3.8) is 0 Å². The number of hydrogen-bond donors (Lipinski definition) is 2. The first-order valence-corrected chi connectivity index (χ1v) is 11.3. The molecule has 0 fully saturated rings. The van der Waals surface area contributed by atoms with Crippen LogP contribution in [0.15, 0.2) is 18.2 Å². The van der Waals surface area contributed by atoms with E-state index in [4.69, 9.17) is 14.9 Å². The zero-order chi connectivity index (χ0) is 22.8. The third kappa shape index (κ3) is 4.52. The molecule has 0 radical (unpaired) electrons. The highest BCUT2D eigenvalue weighted by Crippen LogP contribution is 2.31. The molecule has 1 aliphatic rings. The summed E-state index contributed by atoms with van der Waals surface area (Å²) in [6.45, 7) is 7.49. The quantitative estimate of drug-likeness (QED) is 0.557. The maximum atomic E-state index is 9.76. The summed E-state index contributed by atoms with van der Waals surface area (Å²) in [5.41, 5.74) is 4.41. The predicted molar refractivity (Wildman–Crippen MR) is 120 cm³/mol. The van der Waals surface area contributed by atoms with Crippen LogP contribution in [0, 0.1) is 18.3 Å². The van der Waals surface area contributed by atoms with Crippen molar-refractivity contribution in [3.05, 3.63) is 40.7 Å². The number of aliphatic hydroxyl groups excluding tert-OH is 2. The normalized spacial score (nSPS) is 14.9. The van der Waals surface area contributed by atoms with Crippen LogP contribution < -0.4 is 4.74 Å². The highest BCUT2D eigenvalue weighted by molar-refractivity contribution is 7.17. The van der Waals surface area contributed by atoms with Gasteiger partial charge in [0.1, 0.15) is 16.8 Å². The van der Waals surface area contributed by atoms with Gasteiger partial charge in [-0.15, -0.1) is 10.2 Å². The van der Waals surface area contributed by atoms with Crippen LogP contribution in [-0.2, 0) is 13.0 Å². The molecule has 0 saturated carbocycles. The van der Waals surface area contributed by atoms with Gasteiger partial charge in [-0.1, -0.05) is 11.3 Å². The Morgan fingerprint density at radius 3 is 2.84 bits per heavy atom. The van der Waals surface area contributed by atoms with E-state index in [1.165, 1.54) is 11.3 Å². The lowest BCUT2D eigenvalue weighted by Crippen LogP contribution is -2.37. The molecular weight excluding hydrogens is 428 g/mol. The fraction of sp³-hybridized carbons (Fsp3) is 0.455. The molecule has 4 rings (SSSR count). The molecule has 0 amide bonds. The van der Waals surface area contributed by atoms with Gasteiger partial charge in [-0.25, -0.2) is 4.68 Å². The van der Waals surface area contributed by atoms with Gasteiger partial charge in [-0.05, 0) is 39.0 Å². The molecule has 10 heteroatoms. The second kappa shape index (κ2) is 9.34. The second-order valence-electron chi connectivity index (χ2n) is 8.12. The first kappa shape index (κ1) is 22.4. The third-order valence-corrected chi connectivity index (χ3v) is 6.30. The van der Waals surface area contributed by atoms with Crippen molar-refractivity contribution in [3.8, 4) is 27.5 Å². The van der Waals surface area contributed by atoms with Crippen molar-refractivity contribution in [1.29, 1.82) is 5.26 Å². The van der Waals surface area contributed by atoms with Gasteiger partial charge >= 0.3 is 0 Å². The Balaban J connectivity index is 1.58. The van der Waals surface area contributed by atoms with E-state index in [1.54, 1.807) is 12.1 Å². The van der Waals surface area contributed by atoms with Crippen molar-refractivity contribution in [2.24, 2.45) is 0 Å². The minimum absolute atomic E-state index is 0.0160. The number of hydrogen-bond acceptors (Lipinski definition) is 9. The molecule has 0 aliphatic carbocycles. The summed E-state index contributed by atoms with van der Waals surface area (Å²) in [5.74, 6) is 0.558. The van der Waals surface area contributed by atoms with Crippen molar-refractivity contribution >= 4 is 11.3 Å². The molecule has 2 N–H and O–H groups in total. The standard InChI is InChI=1S/C22H26N6O3S/c1-13(2)31-20-5-4-15(8-16(20)9-23)21-24-25-22(32-21)28-14(3)18-11-27(10-17(30)12-29)7-6-19(18)26-28/h4-5,8,13,17,29-30H,6-7,10-12H2,1-3H3/t17-/m1/s1. The Kier molecular flexibility index (Phi) is 6.53. The van der Waals surface area contributed by atoms with Crippen LogP contribution in [0.3, 0.4) is 0 Å². The van der Waals surface area contributed by atoms with Crippen molar-refractivity contribution < 1.29 is 14.9 Å². The summed E-state index contributed by atoms with van der Waals surface area (Å²) < 4.78 is 7.52. The molecule has 0 bridgehead atoms. The molecule has 1 atom stereocenters. The highest BCUT2D eigenvalue weighted by Gasteiger charge is 2.25. The van der Waals surface area contributed by atoms with E-state index in [9.17, 15) is 10.4 Å². The first-order chi connectivity index (χ1) is 15.4. The molecule has 32 heavy (non-hydrogen) atoms. The van der Waals surface area contributed by atoms with Gasteiger partial charge < -0.3 is 14.9 Å². The molecule has 1 aliphatic heterocycles. The summed E-state index contributed by atoms with van der Waals surface area (Å²) in [5, 5.41) is 43.2. The van der Waals surface area contributed by atoms with E-state index in [2.05, 4.69) is 21.2 Å². The van der Waals surface area contributed by atoms with Crippen LogP contribution in [0.2, 0.25) is 0 Å². The van der Waals surface area contributed by atoms with Gasteiger partial charge in [0.15, 0.2) is 0 Å². The topological polar surface area (TPSA) is 120 Å². The predicted octanol–water partition coefficient (Wildman–Crippen LogP) is 2.07. The molecule has 3 heterocycles. The van der Waals surface area contributed by atoms with Crippen LogP contribution >= 0.6 is 11.3 Å². The van der Waals surface area contributed by atoms with Gasteiger partial charge in [0, 0.05) is 42.9 Å². The van der Waals surface area contributed by atoms with Crippen LogP contribution in [0.1, 0.15) is 36.4 Å². The van der Waals surface area contributed by atoms with Gasteiger partial charge in [0.25, 0.3) is 0 Å². The van der Waals surface area contributed by atoms with E-state index in [-0.39, 0.29) is 12.7 Å². The van der Waals surface area contributed by atoms with E-state index in [0.29, 0.717) is 34.5 Å². The number of benzene rings is 1. The van der Waals surface area contributed by atoms with Crippen LogP contribution in [0.25, 0.3) is 15.7 Å². The molecule has 0 spiro atoms. The third-order valence-electron chi connectivity index (χ3n) is 5.35. The summed E-state index contributed by atoms with van der Waals surface area (Å²) in [6.07, 6.45) is 0.0153. The number of β-amino-alcohol motifs (C(OH)–C–C–N with tert-alkyl or cyclic N) is 1. The Morgan fingerprint density at radius 2 is 2.12 bits per heavy atom. The largest absolute Gasteiger partial charge is 0.490 e. The molecule has 9 nitrogen and oxygen atoms in total. The number of aliphatic hydroxyl groups is 2. The Bertz CT molecular complexity index is 1150. The molecule has 3 aromatic rings. The minimum Gasteiger partial charge on any atom is -0.490 e. The number of fused-ring (bicyclic) bond motifs is 1. The van der Waals surface area contributed by atoms with Gasteiger partial charge in [-0.2, -0.15) is 10.4 Å². The fourth-order valence-corrected chi connectivity index (χ4v) is 4.63. The van der Waals surface area contributed by atoms with E-state index in [0.717, 1.165) is 35.5 Å². The second-order valence-corrected chi connectivity index (χ2v) is 9.08. The number of nitriles is 1. The lowest BCUT2D eigenvalue weighted by Gasteiger charge is -2.27. The zero-order valence-corrected chi connectivity index (χ0v) is 19.1. The summed E-state index contributed by atoms with van der Waals surface area (Å²) in [7, 11) is 0. The molecular formula is C22H26N6O3S. The van der Waals surface area contributed by atoms with E-state index >= 15 is 0 Å². The van der Waals surface area contributed by atoms with E-state index < -0.39 is 6.10 Å². The summed E-state index contributed by atoms with van der Waals surface area (Å²) >= 11 is 1.41. The SMILES string of the molecule is Cc1c2c(nn1-c1nnc(-c3ccc(OC(C)C)c(C#N)c3)s1)CCN(C[C@@H](O)CO)C2. The monoisotopic (exact) mass is 454 g/mol. The van der Waals surface area contributed by atoms with Gasteiger partial charge in [0.2, 0.25) is 5.13 Å². The average Bonchev–Trinajstić information content (AvgIpc) is 3.38. The lowest BCUT2D eigenvalue weighted by atomic mass is 10.1. The minimum atomic E-state index is -0.742. The van der Waals surface area contributed by atoms with Crippen LogP contribution in [0.5, 0.6) is 5.75 Å². The molecule has 0 saturated heterocycles. The van der Waals surface area contributed by atoms with Crippen LogP contribution in [-0.4, -0.2) is 67.0 Å². The lowest BCUT2D eigenvalue weighted by molar-refractivity contribution is 0.0549. The summed E-state index contributed by atoms with van der Waals surface area (Å²) in [6, 6.07) is 7.64. The maximum absolute atomic E-state index is 9.76. The fourth-order valence-electron chi connectivity index (χ4n) is 3.79. The Morgan fingerprint density at radius 1 is 1.31 bits per heavy atom. The smallest absolute Gasteiger partial charge is 0.233 e. The number of aromatic nitrogens is 4. The molecule has 2 aromatic heterocycles. The Hall–Kier alpha value is -2.84. The number of ether oxygens (including phenoxy) is 1.